The van der Waals surface area contributed by atoms with Crippen molar-refractivity contribution in [3.8, 4) is 5.75 Å². The van der Waals surface area contributed by atoms with Crippen molar-refractivity contribution in [2.24, 2.45) is 5.92 Å². The molecule has 3 heteroatoms. The highest BCUT2D eigenvalue weighted by atomic mass is 16.5. The summed E-state index contributed by atoms with van der Waals surface area (Å²) in [4.78, 5) is 4.17. The fraction of sp³-hybridized carbons (Fsp3) is 0.583. The summed E-state index contributed by atoms with van der Waals surface area (Å²) in [6.45, 7) is 5.93. The van der Waals surface area contributed by atoms with Crippen molar-refractivity contribution in [3.63, 3.8) is 0 Å². The minimum atomic E-state index is 0.619. The van der Waals surface area contributed by atoms with Crippen LogP contribution < -0.4 is 10.1 Å². The van der Waals surface area contributed by atoms with Crippen molar-refractivity contribution in [3.05, 3.63) is 24.0 Å². The molecule has 15 heavy (non-hydrogen) atoms. The first-order valence-electron chi connectivity index (χ1n) is 5.47. The van der Waals surface area contributed by atoms with Crippen molar-refractivity contribution in [2.75, 3.05) is 20.2 Å². The molecule has 1 unspecified atom stereocenters. The zero-order valence-corrected chi connectivity index (χ0v) is 9.79. The molecule has 1 heterocycles. The van der Waals surface area contributed by atoms with E-state index in [4.69, 9.17) is 4.74 Å². The first-order valence-corrected chi connectivity index (χ1v) is 5.47. The summed E-state index contributed by atoms with van der Waals surface area (Å²) in [5.41, 5.74) is 1.24. The van der Waals surface area contributed by atoms with Gasteiger partial charge in [0.15, 0.2) is 0 Å². The highest BCUT2D eigenvalue weighted by molar-refractivity contribution is 5.23. The van der Waals surface area contributed by atoms with E-state index in [1.807, 2.05) is 20.2 Å². The first-order chi connectivity index (χ1) is 7.26. The van der Waals surface area contributed by atoms with Crippen LogP contribution in [0.1, 0.15) is 19.4 Å². The Morgan fingerprint density at radius 2 is 2.27 bits per heavy atom. The van der Waals surface area contributed by atoms with E-state index in [-0.39, 0.29) is 0 Å². The summed E-state index contributed by atoms with van der Waals surface area (Å²) in [7, 11) is 1.98. The maximum atomic E-state index is 5.41. The summed E-state index contributed by atoms with van der Waals surface area (Å²) >= 11 is 0. The van der Waals surface area contributed by atoms with Gasteiger partial charge in [-0.3, -0.25) is 4.98 Å². The van der Waals surface area contributed by atoms with Crippen LogP contribution in [0.15, 0.2) is 18.5 Å². The van der Waals surface area contributed by atoms with Crippen molar-refractivity contribution in [1.82, 2.24) is 10.3 Å². The van der Waals surface area contributed by atoms with Crippen LogP contribution in [0.4, 0.5) is 0 Å². The van der Waals surface area contributed by atoms with Gasteiger partial charge in [0.2, 0.25) is 0 Å². The van der Waals surface area contributed by atoms with E-state index in [0.29, 0.717) is 12.5 Å². The number of ether oxygens (including phenoxy) is 1. The number of rotatable bonds is 6. The smallest absolute Gasteiger partial charge is 0.137 e. The summed E-state index contributed by atoms with van der Waals surface area (Å²) < 4.78 is 5.41. The van der Waals surface area contributed by atoms with Crippen LogP contribution in [0.5, 0.6) is 5.75 Å². The van der Waals surface area contributed by atoms with Crippen LogP contribution >= 0.6 is 0 Å². The van der Waals surface area contributed by atoms with Crippen LogP contribution in [-0.4, -0.2) is 25.2 Å². The highest BCUT2D eigenvalue weighted by Gasteiger charge is 2.03. The third-order valence-electron chi connectivity index (χ3n) is 2.22. The molecule has 0 aromatic carbocycles. The van der Waals surface area contributed by atoms with Crippen molar-refractivity contribution in [1.29, 1.82) is 0 Å². The lowest BCUT2D eigenvalue weighted by Crippen LogP contribution is -2.18. The van der Waals surface area contributed by atoms with Crippen LogP contribution in [-0.2, 0) is 6.42 Å². The van der Waals surface area contributed by atoms with Gasteiger partial charge in [-0.2, -0.15) is 0 Å². The maximum Gasteiger partial charge on any atom is 0.137 e. The summed E-state index contributed by atoms with van der Waals surface area (Å²) in [6.07, 6.45) is 4.71. The van der Waals surface area contributed by atoms with E-state index in [9.17, 15) is 0 Å². The Morgan fingerprint density at radius 1 is 1.47 bits per heavy atom. The Morgan fingerprint density at radius 3 is 2.93 bits per heavy atom. The maximum absolute atomic E-state index is 5.41. The SMILES string of the molecule is CCOc1cncc(CC(C)CNC)c1. The molecule has 0 fully saturated rings. The molecule has 3 nitrogen and oxygen atoms in total. The molecule has 0 aliphatic heterocycles. The average molecular weight is 208 g/mol. The van der Waals surface area contributed by atoms with Gasteiger partial charge in [0.05, 0.1) is 12.8 Å². The lowest BCUT2D eigenvalue weighted by Gasteiger charge is -2.11. The minimum Gasteiger partial charge on any atom is -0.492 e. The zero-order chi connectivity index (χ0) is 11.1. The lowest BCUT2D eigenvalue weighted by molar-refractivity contribution is 0.338. The molecule has 0 aliphatic carbocycles. The van der Waals surface area contributed by atoms with Crippen LogP contribution in [0.2, 0.25) is 0 Å². The van der Waals surface area contributed by atoms with Crippen LogP contribution in [0, 0.1) is 5.92 Å². The molecule has 1 aromatic heterocycles. The quantitative estimate of drug-likeness (QED) is 0.775. The molecule has 0 saturated heterocycles. The highest BCUT2D eigenvalue weighted by Crippen LogP contribution is 2.14. The third kappa shape index (κ3) is 4.30. The molecule has 0 bridgehead atoms. The van der Waals surface area contributed by atoms with Gasteiger partial charge in [0.25, 0.3) is 0 Å². The molecule has 0 radical (unpaired) electrons. The van der Waals surface area contributed by atoms with Crippen molar-refractivity contribution < 1.29 is 4.74 Å². The molecule has 1 aromatic rings. The average Bonchev–Trinajstić information content (AvgIpc) is 2.19. The Bertz CT molecular complexity index is 289. The van der Waals surface area contributed by atoms with Gasteiger partial charge in [0.1, 0.15) is 5.75 Å². The van der Waals surface area contributed by atoms with Gasteiger partial charge in [-0.05, 0) is 44.5 Å². The second-order valence-electron chi connectivity index (χ2n) is 3.83. The zero-order valence-electron chi connectivity index (χ0n) is 9.79. The van der Waals surface area contributed by atoms with Gasteiger partial charge in [0, 0.05) is 6.20 Å². The van der Waals surface area contributed by atoms with E-state index in [2.05, 4.69) is 23.3 Å². The number of pyridine rings is 1. The number of hydrogen-bond acceptors (Lipinski definition) is 3. The van der Waals surface area contributed by atoms with Gasteiger partial charge < -0.3 is 10.1 Å². The molecule has 0 amide bonds. The number of aromatic nitrogens is 1. The fourth-order valence-electron chi connectivity index (χ4n) is 1.64. The van der Waals surface area contributed by atoms with Crippen LogP contribution in [0.25, 0.3) is 0 Å². The molecule has 1 rings (SSSR count). The summed E-state index contributed by atoms with van der Waals surface area (Å²) in [6, 6.07) is 2.07. The Hall–Kier alpha value is -1.09. The molecule has 1 atom stereocenters. The molecule has 0 aliphatic rings. The predicted octanol–water partition coefficient (Wildman–Crippen LogP) is 1.88. The van der Waals surface area contributed by atoms with Gasteiger partial charge in [-0.15, -0.1) is 0 Å². The lowest BCUT2D eigenvalue weighted by atomic mass is 10.0. The second kappa shape index (κ2) is 6.40. The van der Waals surface area contributed by atoms with Gasteiger partial charge in [-0.1, -0.05) is 6.92 Å². The fourth-order valence-corrected chi connectivity index (χ4v) is 1.64. The van der Waals surface area contributed by atoms with Gasteiger partial charge >= 0.3 is 0 Å². The van der Waals surface area contributed by atoms with E-state index >= 15 is 0 Å². The van der Waals surface area contributed by atoms with E-state index in [1.54, 1.807) is 6.20 Å². The Balaban J connectivity index is 2.56. The van der Waals surface area contributed by atoms with E-state index < -0.39 is 0 Å². The van der Waals surface area contributed by atoms with Gasteiger partial charge in [-0.25, -0.2) is 0 Å². The van der Waals surface area contributed by atoms with Crippen molar-refractivity contribution >= 4 is 0 Å². The van der Waals surface area contributed by atoms with E-state index in [0.717, 1.165) is 18.7 Å². The normalized spacial score (nSPS) is 12.5. The summed E-state index contributed by atoms with van der Waals surface area (Å²) in [5.74, 6) is 1.49. The number of hydrogen-bond donors (Lipinski definition) is 1. The molecular weight excluding hydrogens is 188 g/mol. The third-order valence-corrected chi connectivity index (χ3v) is 2.22. The molecule has 84 valence electrons. The number of nitrogens with one attached hydrogen (secondary N) is 1. The summed E-state index contributed by atoms with van der Waals surface area (Å²) in [5, 5.41) is 3.18. The van der Waals surface area contributed by atoms with Crippen LogP contribution in [0.3, 0.4) is 0 Å². The predicted molar refractivity (Wildman–Crippen MR) is 62.2 cm³/mol. The first kappa shape index (κ1) is 12.0. The number of nitrogens with zero attached hydrogens (tertiary/aromatic N) is 1. The molecule has 0 spiro atoms. The van der Waals surface area contributed by atoms with Crippen molar-refractivity contribution in [2.45, 2.75) is 20.3 Å². The Kier molecular flexibility index (Phi) is 5.12. The molecular formula is C12H20N2O. The second-order valence-corrected chi connectivity index (χ2v) is 3.83. The monoisotopic (exact) mass is 208 g/mol. The largest absolute Gasteiger partial charge is 0.492 e. The standard InChI is InChI=1S/C12H20N2O/c1-4-15-12-6-11(8-14-9-12)5-10(2)7-13-3/h6,8-10,13H,4-5,7H2,1-3H3. The molecule has 0 saturated carbocycles. The molecule has 1 N–H and O–H groups in total. The Labute approximate surface area is 91.9 Å². The minimum absolute atomic E-state index is 0.619. The van der Waals surface area contributed by atoms with E-state index in [1.165, 1.54) is 5.56 Å². The topological polar surface area (TPSA) is 34.1 Å².